The maximum atomic E-state index is 12.6. The lowest BCUT2D eigenvalue weighted by Crippen LogP contribution is -2.31. The van der Waals surface area contributed by atoms with Gasteiger partial charge in [0.05, 0.1) is 5.57 Å². The molecule has 0 radical (unpaired) electrons. The second kappa shape index (κ2) is 10.3. The highest BCUT2D eigenvalue weighted by Crippen LogP contribution is 2.35. The lowest BCUT2D eigenvalue weighted by atomic mass is 9.97. The minimum absolute atomic E-state index is 0.252. The van der Waals surface area contributed by atoms with Crippen molar-refractivity contribution >= 4 is 40.9 Å². The van der Waals surface area contributed by atoms with E-state index in [2.05, 4.69) is 20.5 Å². The molecule has 1 aromatic heterocycles. The number of hydrogen-bond donors (Lipinski definition) is 5. The van der Waals surface area contributed by atoms with Gasteiger partial charge in [-0.05, 0) is 79.9 Å². The Morgan fingerprint density at radius 1 is 1.00 bits per heavy atom. The number of nitrogens with two attached hydrogens (primary N) is 2. The summed E-state index contributed by atoms with van der Waals surface area (Å²) in [6, 6.07) is 12.1. The van der Waals surface area contributed by atoms with E-state index in [9.17, 15) is 14.4 Å². The van der Waals surface area contributed by atoms with Crippen LogP contribution in [0.25, 0.3) is 22.8 Å². The summed E-state index contributed by atoms with van der Waals surface area (Å²) in [5.41, 5.74) is 17.0. The first-order chi connectivity index (χ1) is 17.9. The molecule has 3 heterocycles. The predicted molar refractivity (Wildman–Crippen MR) is 145 cm³/mol. The van der Waals surface area contributed by atoms with Gasteiger partial charge in [0, 0.05) is 46.5 Å². The molecule has 9 heteroatoms. The molecule has 3 aromatic rings. The van der Waals surface area contributed by atoms with Gasteiger partial charge in [0.1, 0.15) is 0 Å². The number of H-pyrrole nitrogens is 1. The van der Waals surface area contributed by atoms with Crippen molar-refractivity contribution in [1.29, 1.82) is 0 Å². The summed E-state index contributed by atoms with van der Waals surface area (Å²) >= 11 is 0. The molecule has 7 N–H and O–H groups in total. The van der Waals surface area contributed by atoms with Gasteiger partial charge in [-0.3, -0.25) is 9.59 Å². The van der Waals surface area contributed by atoms with Gasteiger partial charge in [-0.2, -0.15) is 0 Å². The highest BCUT2D eigenvalue weighted by Gasteiger charge is 2.25. The first kappa shape index (κ1) is 24.3. The van der Waals surface area contributed by atoms with E-state index in [0.29, 0.717) is 33.8 Å². The molecule has 5 rings (SSSR count). The fourth-order valence-electron chi connectivity index (χ4n) is 5.03. The third kappa shape index (κ3) is 5.41. The number of carbonyl (C=O) groups excluding carboxylic acids is 3. The van der Waals surface area contributed by atoms with E-state index < -0.39 is 11.9 Å². The minimum atomic E-state index is -0.681. The summed E-state index contributed by atoms with van der Waals surface area (Å²) in [5.74, 6) is -0.729. The van der Waals surface area contributed by atoms with Crippen molar-refractivity contribution in [3.8, 4) is 11.1 Å². The summed E-state index contributed by atoms with van der Waals surface area (Å²) in [6.45, 7) is 3.24. The first-order valence-electron chi connectivity index (χ1n) is 12.5. The Morgan fingerprint density at radius 2 is 1.81 bits per heavy atom. The maximum Gasteiger partial charge on any atom is 0.316 e. The van der Waals surface area contributed by atoms with Crippen LogP contribution in [0.3, 0.4) is 0 Å². The number of aromatic amines is 1. The third-order valence-electron chi connectivity index (χ3n) is 6.90. The first-order valence-corrected chi connectivity index (χ1v) is 12.5. The van der Waals surface area contributed by atoms with Gasteiger partial charge in [0.25, 0.3) is 5.91 Å². The molecule has 1 saturated heterocycles. The van der Waals surface area contributed by atoms with Gasteiger partial charge >= 0.3 is 6.03 Å². The second-order valence-corrected chi connectivity index (χ2v) is 9.50. The van der Waals surface area contributed by atoms with Crippen LogP contribution >= 0.6 is 0 Å². The van der Waals surface area contributed by atoms with Crippen LogP contribution in [0.15, 0.2) is 48.7 Å². The zero-order valence-electron chi connectivity index (χ0n) is 20.5. The van der Waals surface area contributed by atoms with Gasteiger partial charge < -0.3 is 32.0 Å². The molecule has 0 atom stereocenters. The fourth-order valence-corrected chi connectivity index (χ4v) is 5.03. The number of nitrogens with one attached hydrogen (secondary N) is 3. The largest absolute Gasteiger partial charge is 0.366 e. The number of urea groups is 1. The van der Waals surface area contributed by atoms with Crippen molar-refractivity contribution in [3.05, 3.63) is 71.0 Å². The molecular formula is C28H30N6O3. The lowest BCUT2D eigenvalue weighted by Gasteiger charge is -2.26. The monoisotopic (exact) mass is 498 g/mol. The molecule has 1 fully saturated rings. The Hall–Kier alpha value is -4.37. The predicted octanol–water partition coefficient (Wildman–Crippen LogP) is 3.79. The normalized spacial score (nSPS) is 16.4. The molecule has 2 aromatic carbocycles. The number of carbonyl (C=O) groups is 3. The quantitative estimate of drug-likeness (QED) is 0.315. The SMILES string of the molecule is NC(=O)Nc1ccc2c(c1)C(=Cc1cc(-c3ccc(CCN4CCCCC4)cc3C(N)=O)c[nH]1)C(=O)N2. The van der Waals surface area contributed by atoms with Crippen LogP contribution in [-0.4, -0.2) is 47.4 Å². The number of piperidine rings is 1. The summed E-state index contributed by atoms with van der Waals surface area (Å²) in [6.07, 6.45) is 8.19. The topological polar surface area (TPSA) is 146 Å². The highest BCUT2D eigenvalue weighted by atomic mass is 16.2. The average molecular weight is 499 g/mol. The number of benzene rings is 2. The molecular weight excluding hydrogens is 468 g/mol. The van der Waals surface area contributed by atoms with E-state index in [1.165, 1.54) is 19.3 Å². The number of likely N-dealkylation sites (tertiary alicyclic amines) is 1. The second-order valence-electron chi connectivity index (χ2n) is 9.50. The van der Waals surface area contributed by atoms with Gasteiger partial charge in [0.15, 0.2) is 0 Å². The number of fused-ring (bicyclic) bond motifs is 1. The molecule has 0 unspecified atom stereocenters. The molecule has 0 saturated carbocycles. The molecule has 0 spiro atoms. The van der Waals surface area contributed by atoms with Crippen molar-refractivity contribution in [3.63, 3.8) is 0 Å². The average Bonchev–Trinajstić information content (AvgIpc) is 3.47. The van der Waals surface area contributed by atoms with E-state index in [1.807, 2.05) is 24.3 Å². The van der Waals surface area contributed by atoms with Crippen molar-refractivity contribution in [1.82, 2.24) is 9.88 Å². The Morgan fingerprint density at radius 3 is 2.57 bits per heavy atom. The molecule has 37 heavy (non-hydrogen) atoms. The van der Waals surface area contributed by atoms with E-state index in [-0.39, 0.29) is 5.91 Å². The van der Waals surface area contributed by atoms with Crippen LogP contribution in [0.2, 0.25) is 0 Å². The number of amides is 4. The van der Waals surface area contributed by atoms with Crippen LogP contribution in [0.1, 0.15) is 46.4 Å². The van der Waals surface area contributed by atoms with E-state index in [0.717, 1.165) is 42.7 Å². The van der Waals surface area contributed by atoms with Crippen LogP contribution < -0.4 is 22.1 Å². The molecule has 4 amide bonds. The summed E-state index contributed by atoms with van der Waals surface area (Å²) in [5, 5.41) is 5.35. The smallest absolute Gasteiger partial charge is 0.316 e. The summed E-state index contributed by atoms with van der Waals surface area (Å²) in [4.78, 5) is 41.8. The number of anilines is 2. The molecule has 0 aliphatic carbocycles. The zero-order valence-corrected chi connectivity index (χ0v) is 20.5. The van der Waals surface area contributed by atoms with E-state index >= 15 is 0 Å². The molecule has 9 nitrogen and oxygen atoms in total. The number of hydrogen-bond acceptors (Lipinski definition) is 4. The number of rotatable bonds is 7. The number of primary amides is 2. The highest BCUT2D eigenvalue weighted by molar-refractivity contribution is 6.35. The van der Waals surface area contributed by atoms with Gasteiger partial charge in [-0.15, -0.1) is 0 Å². The number of nitrogens with zero attached hydrogens (tertiary/aromatic N) is 1. The van der Waals surface area contributed by atoms with Crippen molar-refractivity contribution in [2.75, 3.05) is 30.3 Å². The Labute approximate surface area is 214 Å². The van der Waals surface area contributed by atoms with Crippen LogP contribution in [0, 0.1) is 0 Å². The molecule has 2 aliphatic rings. The molecule has 2 aliphatic heterocycles. The zero-order chi connectivity index (χ0) is 25.9. The van der Waals surface area contributed by atoms with Crippen LogP contribution in [-0.2, 0) is 11.2 Å². The Kier molecular flexibility index (Phi) is 6.78. The Bertz CT molecular complexity index is 1400. The summed E-state index contributed by atoms with van der Waals surface area (Å²) < 4.78 is 0. The van der Waals surface area contributed by atoms with Gasteiger partial charge in [-0.25, -0.2) is 4.79 Å². The molecule has 190 valence electrons. The lowest BCUT2D eigenvalue weighted by molar-refractivity contribution is -0.110. The van der Waals surface area contributed by atoms with Crippen LogP contribution in [0.4, 0.5) is 16.2 Å². The summed E-state index contributed by atoms with van der Waals surface area (Å²) in [7, 11) is 0. The van der Waals surface area contributed by atoms with Crippen molar-refractivity contribution in [2.24, 2.45) is 11.5 Å². The fraction of sp³-hybridized carbons (Fsp3) is 0.250. The van der Waals surface area contributed by atoms with E-state index in [4.69, 9.17) is 11.5 Å². The van der Waals surface area contributed by atoms with Crippen LogP contribution in [0.5, 0.6) is 0 Å². The van der Waals surface area contributed by atoms with Gasteiger partial charge in [0.2, 0.25) is 5.91 Å². The third-order valence-corrected chi connectivity index (χ3v) is 6.90. The van der Waals surface area contributed by atoms with Crippen molar-refractivity contribution in [2.45, 2.75) is 25.7 Å². The maximum absolute atomic E-state index is 12.6. The minimum Gasteiger partial charge on any atom is -0.366 e. The Balaban J connectivity index is 1.39. The number of aromatic nitrogens is 1. The standard InChI is InChI=1S/C28H30N6O3/c29-26(35)23-12-17(8-11-34-9-2-1-3-10-34)4-6-21(23)18-13-20(31-16-18)15-24-22-14-19(32-28(30)37)5-7-25(22)33-27(24)36/h4-7,12-16,31H,1-3,8-11H2,(H2,29,35)(H,33,36)(H3,30,32,37). The van der Waals surface area contributed by atoms with Crippen molar-refractivity contribution < 1.29 is 14.4 Å². The van der Waals surface area contributed by atoms with Gasteiger partial charge in [-0.1, -0.05) is 18.6 Å². The van der Waals surface area contributed by atoms with E-state index in [1.54, 1.807) is 30.5 Å². The molecule has 0 bridgehead atoms.